The largest absolute Gasteiger partial charge is 0.445 e. The van der Waals surface area contributed by atoms with Crippen LogP contribution in [0, 0.1) is 0 Å². The predicted octanol–water partition coefficient (Wildman–Crippen LogP) is 5.13. The van der Waals surface area contributed by atoms with Gasteiger partial charge in [-0.15, -0.1) is 0 Å². The Morgan fingerprint density at radius 1 is 0.800 bits per heavy atom. The van der Waals surface area contributed by atoms with Crippen molar-refractivity contribution in [2.24, 2.45) is 0 Å². The summed E-state index contributed by atoms with van der Waals surface area (Å²) in [6.07, 6.45) is -4.90. The SMILES string of the molecule is O=C(NC1CC(F)(F)CCC1=O)OCc1ccccc1.O=C(N[C@H]1CC(F)(F)CC[C@H]1O)OCc1ccccc1. The molecule has 2 aliphatic rings. The summed E-state index contributed by atoms with van der Waals surface area (Å²) in [6, 6.07) is 15.8. The molecule has 3 N–H and O–H groups in total. The Bertz CT molecular complexity index is 1120. The molecule has 4 rings (SSSR count). The van der Waals surface area contributed by atoms with Crippen LogP contribution in [0.25, 0.3) is 0 Å². The number of benzene rings is 2. The second-order valence-electron chi connectivity index (χ2n) is 9.76. The fourth-order valence-corrected chi connectivity index (χ4v) is 4.22. The maximum Gasteiger partial charge on any atom is 0.408 e. The number of halogens is 4. The van der Waals surface area contributed by atoms with Gasteiger partial charge in [0.2, 0.25) is 5.92 Å². The van der Waals surface area contributed by atoms with Gasteiger partial charge in [0.15, 0.2) is 5.78 Å². The molecule has 8 nitrogen and oxygen atoms in total. The van der Waals surface area contributed by atoms with E-state index in [0.717, 1.165) is 11.1 Å². The maximum absolute atomic E-state index is 13.2. The second-order valence-corrected chi connectivity index (χ2v) is 9.76. The van der Waals surface area contributed by atoms with E-state index >= 15 is 0 Å². The van der Waals surface area contributed by atoms with Crippen LogP contribution in [0.15, 0.2) is 60.7 Å². The normalized spacial score (nSPS) is 23.1. The molecule has 0 aliphatic heterocycles. The smallest absolute Gasteiger partial charge is 0.408 e. The van der Waals surface area contributed by atoms with Gasteiger partial charge in [0.05, 0.1) is 18.2 Å². The van der Waals surface area contributed by atoms with E-state index in [1.54, 1.807) is 36.4 Å². The highest BCUT2D eigenvalue weighted by atomic mass is 19.3. The number of ketones is 1. The molecule has 0 heterocycles. The van der Waals surface area contributed by atoms with E-state index in [4.69, 9.17) is 9.47 Å². The number of alkyl carbamates (subject to hydrolysis) is 2. The van der Waals surface area contributed by atoms with Gasteiger partial charge in [-0.1, -0.05) is 60.7 Å². The highest BCUT2D eigenvalue weighted by molar-refractivity contribution is 5.88. The summed E-state index contributed by atoms with van der Waals surface area (Å²) in [7, 11) is 0. The lowest BCUT2D eigenvalue weighted by molar-refractivity contribution is -0.131. The van der Waals surface area contributed by atoms with Gasteiger partial charge in [-0.3, -0.25) is 4.79 Å². The van der Waals surface area contributed by atoms with Gasteiger partial charge < -0.3 is 25.2 Å². The van der Waals surface area contributed by atoms with Crippen LogP contribution < -0.4 is 10.6 Å². The Labute approximate surface area is 229 Å². The Morgan fingerprint density at radius 3 is 1.85 bits per heavy atom. The lowest BCUT2D eigenvalue weighted by Crippen LogP contribution is -2.50. The number of Topliss-reactive ketones (excluding diaryl/α,β-unsaturated/α-hetero) is 1. The van der Waals surface area contributed by atoms with Crippen LogP contribution in [0.1, 0.15) is 49.7 Å². The van der Waals surface area contributed by atoms with Crippen molar-refractivity contribution in [2.75, 3.05) is 0 Å². The van der Waals surface area contributed by atoms with Crippen LogP contribution in [0.2, 0.25) is 0 Å². The molecule has 2 aliphatic carbocycles. The molecule has 0 radical (unpaired) electrons. The van der Waals surface area contributed by atoms with E-state index in [1.165, 1.54) is 0 Å². The minimum absolute atomic E-state index is 0.0311. The number of carbonyl (C=O) groups is 3. The fourth-order valence-electron chi connectivity index (χ4n) is 4.22. The number of hydrogen-bond donors (Lipinski definition) is 3. The van der Waals surface area contributed by atoms with Gasteiger partial charge in [0.1, 0.15) is 13.2 Å². The molecule has 2 saturated carbocycles. The highest BCUT2D eigenvalue weighted by Crippen LogP contribution is 2.33. The number of nitrogens with one attached hydrogen (secondary N) is 2. The third-order valence-electron chi connectivity index (χ3n) is 6.44. The summed E-state index contributed by atoms with van der Waals surface area (Å²) in [5, 5.41) is 14.1. The quantitative estimate of drug-likeness (QED) is 0.417. The number of carbonyl (C=O) groups excluding carboxylic acids is 3. The summed E-state index contributed by atoms with van der Waals surface area (Å²) in [4.78, 5) is 34.6. The van der Waals surface area contributed by atoms with Crippen molar-refractivity contribution >= 4 is 18.0 Å². The molecule has 2 aromatic carbocycles. The van der Waals surface area contributed by atoms with Gasteiger partial charge >= 0.3 is 12.2 Å². The van der Waals surface area contributed by atoms with Gasteiger partial charge in [-0.25, -0.2) is 27.2 Å². The molecule has 0 aromatic heterocycles. The third-order valence-corrected chi connectivity index (χ3v) is 6.44. The molecule has 0 bridgehead atoms. The average molecular weight is 569 g/mol. The van der Waals surface area contributed by atoms with E-state index < -0.39 is 61.5 Å². The first-order chi connectivity index (χ1) is 18.9. The second kappa shape index (κ2) is 14.1. The van der Waals surface area contributed by atoms with Gasteiger partial charge in [-0.2, -0.15) is 0 Å². The summed E-state index contributed by atoms with van der Waals surface area (Å²) in [5.74, 6) is -6.14. The first-order valence-corrected chi connectivity index (χ1v) is 12.8. The molecule has 1 unspecified atom stereocenters. The van der Waals surface area contributed by atoms with Crippen LogP contribution in [-0.2, 0) is 27.5 Å². The zero-order chi connectivity index (χ0) is 29.2. The Hall–Kier alpha value is -3.67. The van der Waals surface area contributed by atoms with E-state index in [1.807, 2.05) is 24.3 Å². The molecule has 2 aromatic rings. The zero-order valence-electron chi connectivity index (χ0n) is 21.7. The molecule has 218 valence electrons. The molecular weight excluding hydrogens is 536 g/mol. The molecular formula is C28H32F4N2O6. The number of amides is 2. The molecule has 0 spiro atoms. The van der Waals surface area contributed by atoms with Crippen molar-refractivity contribution in [3.63, 3.8) is 0 Å². The van der Waals surface area contributed by atoms with Gasteiger partial charge in [0.25, 0.3) is 5.92 Å². The molecule has 12 heteroatoms. The lowest BCUT2D eigenvalue weighted by atomic mass is 9.89. The Balaban J connectivity index is 0.000000220. The monoisotopic (exact) mass is 568 g/mol. The number of alkyl halides is 4. The number of aliphatic hydroxyl groups excluding tert-OH is 1. The van der Waals surface area contributed by atoms with Crippen molar-refractivity contribution in [1.29, 1.82) is 0 Å². The highest BCUT2D eigenvalue weighted by Gasteiger charge is 2.42. The summed E-state index contributed by atoms with van der Waals surface area (Å²) in [6.45, 7) is 0.0931. The van der Waals surface area contributed by atoms with E-state index in [2.05, 4.69) is 10.6 Å². The average Bonchev–Trinajstić information content (AvgIpc) is 2.92. The van der Waals surface area contributed by atoms with Crippen LogP contribution in [0.4, 0.5) is 27.2 Å². The zero-order valence-corrected chi connectivity index (χ0v) is 21.7. The minimum Gasteiger partial charge on any atom is -0.445 e. The number of rotatable bonds is 6. The van der Waals surface area contributed by atoms with Gasteiger partial charge in [-0.05, 0) is 17.5 Å². The number of ether oxygens (including phenoxy) is 2. The summed E-state index contributed by atoms with van der Waals surface area (Å²) < 4.78 is 62.7. The predicted molar refractivity (Wildman–Crippen MR) is 136 cm³/mol. The molecule has 3 atom stereocenters. The number of aliphatic hydroxyl groups is 1. The van der Waals surface area contributed by atoms with Crippen molar-refractivity contribution < 1.29 is 46.5 Å². The van der Waals surface area contributed by atoms with Gasteiger partial charge in [0, 0.05) is 32.1 Å². The Kier molecular flexibility index (Phi) is 10.9. The lowest BCUT2D eigenvalue weighted by Gasteiger charge is -2.33. The van der Waals surface area contributed by atoms with Crippen molar-refractivity contribution in [1.82, 2.24) is 10.6 Å². The van der Waals surface area contributed by atoms with Crippen LogP contribution in [-0.4, -0.2) is 53.1 Å². The van der Waals surface area contributed by atoms with E-state index in [9.17, 15) is 37.1 Å². The van der Waals surface area contributed by atoms with Crippen LogP contribution >= 0.6 is 0 Å². The molecule has 40 heavy (non-hydrogen) atoms. The molecule has 0 saturated heterocycles. The standard InChI is InChI=1S/C14H17F2NO3.C14H15F2NO3/c2*15-14(16)7-6-12(18)11(8-14)17-13(19)20-9-10-4-2-1-3-5-10/h1-5,11-12,18H,6-9H2,(H,17,19);1-5,11H,6-9H2,(H,17,19)/t11-,12+;/m0./s1. The van der Waals surface area contributed by atoms with Crippen molar-refractivity contribution in [3.05, 3.63) is 71.8 Å². The summed E-state index contributed by atoms with van der Waals surface area (Å²) in [5.41, 5.74) is 1.58. The topological polar surface area (TPSA) is 114 Å². The van der Waals surface area contributed by atoms with Crippen molar-refractivity contribution in [3.8, 4) is 0 Å². The first-order valence-electron chi connectivity index (χ1n) is 12.8. The fraction of sp³-hybridized carbons (Fsp3) is 0.464. The maximum atomic E-state index is 13.2. The van der Waals surface area contributed by atoms with Crippen LogP contribution in [0.3, 0.4) is 0 Å². The Morgan fingerprint density at radius 2 is 1.30 bits per heavy atom. The first kappa shape index (κ1) is 30.9. The third kappa shape index (κ3) is 10.5. The molecule has 2 fully saturated rings. The van der Waals surface area contributed by atoms with E-state index in [0.29, 0.717) is 0 Å². The summed E-state index contributed by atoms with van der Waals surface area (Å²) >= 11 is 0. The number of hydrogen-bond acceptors (Lipinski definition) is 6. The van der Waals surface area contributed by atoms with Crippen molar-refractivity contribution in [2.45, 2.75) is 81.8 Å². The van der Waals surface area contributed by atoms with E-state index in [-0.39, 0.29) is 38.3 Å². The minimum atomic E-state index is -2.91. The van der Waals surface area contributed by atoms with Crippen LogP contribution in [0.5, 0.6) is 0 Å². The molecule has 2 amide bonds.